The molecule has 0 saturated carbocycles. The van der Waals surface area contributed by atoms with Crippen LogP contribution in [0.2, 0.25) is 0 Å². The van der Waals surface area contributed by atoms with Crippen LogP contribution in [0.3, 0.4) is 0 Å². The molecule has 186 valence electrons. The van der Waals surface area contributed by atoms with Gasteiger partial charge in [0.1, 0.15) is 5.00 Å². The third-order valence-electron chi connectivity index (χ3n) is 6.33. The van der Waals surface area contributed by atoms with Crippen molar-refractivity contribution in [3.63, 3.8) is 0 Å². The van der Waals surface area contributed by atoms with E-state index >= 15 is 0 Å². The highest BCUT2D eigenvalue weighted by molar-refractivity contribution is 7.17. The first-order valence-corrected chi connectivity index (χ1v) is 12.6. The van der Waals surface area contributed by atoms with Crippen LogP contribution in [-0.2, 0) is 36.0 Å². The molecule has 3 heterocycles. The number of ether oxygens (including phenoxy) is 1. The largest absolute Gasteiger partial charge is 0.449 e. The van der Waals surface area contributed by atoms with Gasteiger partial charge in [-0.25, -0.2) is 4.79 Å². The molecule has 3 aromatic rings. The molecule has 0 aromatic carbocycles. The third-order valence-corrected chi connectivity index (χ3v) is 7.52. The molecule has 10 heteroatoms. The Morgan fingerprint density at radius 3 is 2.91 bits per heavy atom. The van der Waals surface area contributed by atoms with Crippen LogP contribution in [0.5, 0.6) is 0 Å². The van der Waals surface area contributed by atoms with Crippen molar-refractivity contribution >= 4 is 34.0 Å². The lowest BCUT2D eigenvalue weighted by Crippen LogP contribution is -2.27. The molecule has 0 aliphatic heterocycles. The minimum atomic E-state index is -0.431. The molecule has 9 nitrogen and oxygen atoms in total. The number of thiophene rings is 1. The number of alkyl carbamates (subject to hydrolysis) is 1. The van der Waals surface area contributed by atoms with Crippen LogP contribution >= 0.6 is 11.3 Å². The molecule has 4 rings (SSSR count). The lowest BCUT2D eigenvalue weighted by Gasteiger charge is -2.22. The molecule has 2 atom stereocenters. The first-order valence-electron chi connectivity index (χ1n) is 11.8. The zero-order valence-corrected chi connectivity index (χ0v) is 21.2. The highest BCUT2D eigenvalue weighted by atomic mass is 32.1. The van der Waals surface area contributed by atoms with Gasteiger partial charge in [0.25, 0.3) is 0 Å². The summed E-state index contributed by atoms with van der Waals surface area (Å²) < 4.78 is 7.20. The van der Waals surface area contributed by atoms with Gasteiger partial charge in [0, 0.05) is 54.5 Å². The van der Waals surface area contributed by atoms with Crippen LogP contribution in [0.1, 0.15) is 53.1 Å². The number of nitrogen functional groups attached to an aromatic ring is 1. The van der Waals surface area contributed by atoms with E-state index in [4.69, 9.17) is 10.5 Å². The number of aromatic nitrogens is 3. The van der Waals surface area contributed by atoms with Crippen LogP contribution in [-0.4, -0.2) is 33.4 Å². The number of rotatable bonds is 8. The van der Waals surface area contributed by atoms with Gasteiger partial charge in [0.2, 0.25) is 5.91 Å². The molecule has 2 unspecified atom stereocenters. The molecule has 0 saturated heterocycles. The Hall–Kier alpha value is -3.40. The van der Waals surface area contributed by atoms with E-state index in [1.165, 1.54) is 11.3 Å². The summed E-state index contributed by atoms with van der Waals surface area (Å²) in [4.78, 5) is 30.3. The van der Waals surface area contributed by atoms with Crippen molar-refractivity contribution in [2.24, 2.45) is 13.0 Å². The highest BCUT2D eigenvalue weighted by Crippen LogP contribution is 2.41. The zero-order chi connectivity index (χ0) is 24.9. The molecule has 1 aliphatic rings. The van der Waals surface area contributed by atoms with Crippen molar-refractivity contribution in [2.75, 3.05) is 17.7 Å². The van der Waals surface area contributed by atoms with Crippen LogP contribution in [0.4, 0.5) is 15.5 Å². The van der Waals surface area contributed by atoms with Gasteiger partial charge in [-0.3, -0.25) is 14.5 Å². The molecule has 0 fully saturated rings. The van der Waals surface area contributed by atoms with Crippen molar-refractivity contribution in [3.8, 4) is 0 Å². The Balaban J connectivity index is 1.26. The van der Waals surface area contributed by atoms with Gasteiger partial charge in [-0.15, -0.1) is 11.3 Å². The monoisotopic (exact) mass is 496 g/mol. The van der Waals surface area contributed by atoms with Crippen LogP contribution < -0.4 is 16.4 Å². The maximum atomic E-state index is 12.6. The van der Waals surface area contributed by atoms with E-state index in [1.54, 1.807) is 10.9 Å². The van der Waals surface area contributed by atoms with Crippen molar-refractivity contribution in [1.82, 2.24) is 20.1 Å². The number of nitrogens with zero attached hydrogens (tertiary/aromatic N) is 3. The van der Waals surface area contributed by atoms with Gasteiger partial charge < -0.3 is 21.1 Å². The van der Waals surface area contributed by atoms with Crippen LogP contribution in [0.25, 0.3) is 0 Å². The molecule has 4 N–H and O–H groups in total. The summed E-state index contributed by atoms with van der Waals surface area (Å²) in [5, 5.41) is 10.8. The molecule has 3 aromatic heterocycles. The molecular formula is C25H32N6O3S. The minimum absolute atomic E-state index is 0.0155. The molecule has 0 radical (unpaired) electrons. The predicted molar refractivity (Wildman–Crippen MR) is 136 cm³/mol. The standard InChI is InChI=1S/C25H32N6O3S/c1-15(20-6-4-5-9-27-20)10-22(32)29-24-23(26)19-8-7-17(11-21(19)35-24)14-34-25(33)28-12-18-13-31(3)30-16(18)2/h4-6,9,13,15,17H,7-8,10-12,14,26H2,1-3H3,(H,28,33)(H,29,32). The number of nitrogens with two attached hydrogens (primary N) is 1. The number of pyridine rings is 1. The minimum Gasteiger partial charge on any atom is -0.449 e. The second-order valence-corrected chi connectivity index (χ2v) is 10.2. The quantitative estimate of drug-likeness (QED) is 0.434. The van der Waals surface area contributed by atoms with E-state index < -0.39 is 6.09 Å². The summed E-state index contributed by atoms with van der Waals surface area (Å²) in [6.07, 6.45) is 5.99. The van der Waals surface area contributed by atoms with Crippen molar-refractivity contribution < 1.29 is 14.3 Å². The van der Waals surface area contributed by atoms with Crippen LogP contribution in [0.15, 0.2) is 30.6 Å². The van der Waals surface area contributed by atoms with E-state index in [2.05, 4.69) is 20.7 Å². The lowest BCUT2D eigenvalue weighted by molar-refractivity contribution is -0.116. The Bertz CT molecular complexity index is 1190. The Kier molecular flexibility index (Phi) is 7.70. The van der Waals surface area contributed by atoms with E-state index in [0.29, 0.717) is 30.3 Å². The van der Waals surface area contributed by atoms with Gasteiger partial charge >= 0.3 is 6.09 Å². The average Bonchev–Trinajstić information content (AvgIpc) is 3.33. The first-order chi connectivity index (χ1) is 16.8. The Morgan fingerprint density at radius 2 is 2.20 bits per heavy atom. The van der Waals surface area contributed by atoms with E-state index in [-0.39, 0.29) is 17.7 Å². The number of fused-ring (bicyclic) bond motifs is 1. The topological polar surface area (TPSA) is 124 Å². The molecule has 35 heavy (non-hydrogen) atoms. The first kappa shape index (κ1) is 24.7. The van der Waals surface area contributed by atoms with Crippen LogP contribution in [0, 0.1) is 12.8 Å². The molecule has 1 aliphatic carbocycles. The summed E-state index contributed by atoms with van der Waals surface area (Å²) in [7, 11) is 1.85. The smallest absolute Gasteiger partial charge is 0.407 e. The number of carbonyl (C=O) groups excluding carboxylic acids is 2. The summed E-state index contributed by atoms with van der Waals surface area (Å²) in [5.41, 5.74) is 10.9. The highest BCUT2D eigenvalue weighted by Gasteiger charge is 2.26. The number of anilines is 2. The Labute approximate surface area is 209 Å². The number of nitrogens with one attached hydrogen (secondary N) is 2. The van der Waals surface area contributed by atoms with Crippen molar-refractivity contribution in [3.05, 3.63) is 58.0 Å². The maximum absolute atomic E-state index is 12.6. The number of carbonyl (C=O) groups is 2. The Morgan fingerprint density at radius 1 is 1.37 bits per heavy atom. The van der Waals surface area contributed by atoms with E-state index in [1.807, 2.05) is 45.3 Å². The average molecular weight is 497 g/mol. The zero-order valence-electron chi connectivity index (χ0n) is 20.3. The summed E-state index contributed by atoms with van der Waals surface area (Å²) >= 11 is 1.52. The van der Waals surface area contributed by atoms with Gasteiger partial charge in [-0.2, -0.15) is 5.10 Å². The second-order valence-electron chi connectivity index (χ2n) is 9.13. The SMILES string of the molecule is Cc1nn(C)cc1CNC(=O)OCC1CCc2c(sc(NC(=O)CC(C)c3ccccn3)c2N)C1. The van der Waals surface area contributed by atoms with Gasteiger partial charge in [-0.05, 0) is 49.8 Å². The lowest BCUT2D eigenvalue weighted by atomic mass is 9.89. The predicted octanol–water partition coefficient (Wildman–Crippen LogP) is 3.93. The fourth-order valence-electron chi connectivity index (χ4n) is 4.38. The molecular weight excluding hydrogens is 464 g/mol. The third kappa shape index (κ3) is 6.19. The number of aryl methyl sites for hydroxylation is 2. The van der Waals surface area contributed by atoms with Gasteiger partial charge in [-0.1, -0.05) is 13.0 Å². The van der Waals surface area contributed by atoms with E-state index in [0.717, 1.165) is 46.7 Å². The van der Waals surface area contributed by atoms with Crippen molar-refractivity contribution in [2.45, 2.75) is 52.0 Å². The van der Waals surface area contributed by atoms with Gasteiger partial charge in [0.05, 0.1) is 18.0 Å². The molecule has 0 bridgehead atoms. The summed E-state index contributed by atoms with van der Waals surface area (Å²) in [5.74, 6) is 0.162. The fraction of sp³-hybridized carbons (Fsp3) is 0.440. The second kappa shape index (κ2) is 10.9. The molecule has 2 amide bonds. The van der Waals surface area contributed by atoms with Crippen molar-refractivity contribution in [1.29, 1.82) is 0 Å². The number of hydrogen-bond acceptors (Lipinski definition) is 7. The normalized spacial score (nSPS) is 15.8. The number of amides is 2. The summed E-state index contributed by atoms with van der Waals surface area (Å²) in [6, 6.07) is 5.72. The molecule has 0 spiro atoms. The van der Waals surface area contributed by atoms with E-state index in [9.17, 15) is 9.59 Å². The maximum Gasteiger partial charge on any atom is 0.407 e. The fourth-order valence-corrected chi connectivity index (χ4v) is 5.67. The number of hydrogen-bond donors (Lipinski definition) is 3. The summed E-state index contributed by atoms with van der Waals surface area (Å²) in [6.45, 7) is 4.63. The van der Waals surface area contributed by atoms with Gasteiger partial charge in [0.15, 0.2) is 0 Å².